The molecule has 0 aliphatic carbocycles. The van der Waals surface area contributed by atoms with Gasteiger partial charge in [-0.15, -0.1) is 0 Å². The molecule has 0 saturated carbocycles. The lowest BCUT2D eigenvalue weighted by Crippen LogP contribution is -2.26. The molecule has 5 heteroatoms. The molecule has 0 unspecified atom stereocenters. The predicted molar refractivity (Wildman–Crippen MR) is 70.0 cm³/mol. The molecule has 1 saturated heterocycles. The minimum Gasteiger partial charge on any atom is -0.474 e. The van der Waals surface area contributed by atoms with E-state index in [9.17, 15) is 0 Å². The van der Waals surface area contributed by atoms with Gasteiger partial charge in [-0.05, 0) is 13.3 Å². The molecule has 2 heterocycles. The van der Waals surface area contributed by atoms with Gasteiger partial charge in [0, 0.05) is 19.4 Å². The second-order valence-electron chi connectivity index (χ2n) is 4.51. The summed E-state index contributed by atoms with van der Waals surface area (Å²) in [6, 6.07) is 0. The summed E-state index contributed by atoms with van der Waals surface area (Å²) in [6.45, 7) is 6.58. The number of anilines is 1. The Bertz CT molecular complexity index is 378. The lowest BCUT2D eigenvalue weighted by Gasteiger charge is -2.23. The number of aromatic nitrogens is 2. The summed E-state index contributed by atoms with van der Waals surface area (Å²) in [6.07, 6.45) is 4.70. The first-order chi connectivity index (χ1) is 8.81. The molecule has 0 spiro atoms. The monoisotopic (exact) mass is 251 g/mol. The highest BCUT2D eigenvalue weighted by Crippen LogP contribution is 2.23. The van der Waals surface area contributed by atoms with Crippen LogP contribution in [0, 0.1) is 6.92 Å². The maximum absolute atomic E-state index is 5.94. The van der Waals surface area contributed by atoms with Gasteiger partial charge in [0.05, 0.1) is 18.8 Å². The molecule has 1 aromatic rings. The Morgan fingerprint density at radius 1 is 1.39 bits per heavy atom. The number of rotatable bonds is 5. The first kappa shape index (κ1) is 13.1. The van der Waals surface area contributed by atoms with Gasteiger partial charge in [-0.3, -0.25) is 0 Å². The molecular weight excluding hydrogens is 230 g/mol. The highest BCUT2D eigenvalue weighted by molar-refractivity contribution is 5.47. The fourth-order valence-electron chi connectivity index (χ4n) is 1.93. The molecule has 18 heavy (non-hydrogen) atoms. The fraction of sp³-hybridized carbons (Fsp3) is 0.692. The van der Waals surface area contributed by atoms with E-state index in [1.54, 1.807) is 6.33 Å². The summed E-state index contributed by atoms with van der Waals surface area (Å²) < 4.78 is 11.3. The zero-order valence-corrected chi connectivity index (χ0v) is 11.1. The van der Waals surface area contributed by atoms with Crippen molar-refractivity contribution in [1.82, 2.24) is 9.97 Å². The number of hydrogen-bond acceptors (Lipinski definition) is 5. The van der Waals surface area contributed by atoms with Crippen LogP contribution in [-0.4, -0.2) is 35.8 Å². The summed E-state index contributed by atoms with van der Waals surface area (Å²) in [5, 5.41) is 3.28. The van der Waals surface area contributed by atoms with E-state index in [0.717, 1.165) is 50.4 Å². The molecule has 0 amide bonds. The van der Waals surface area contributed by atoms with E-state index in [1.165, 1.54) is 0 Å². The van der Waals surface area contributed by atoms with Crippen molar-refractivity contribution in [2.24, 2.45) is 0 Å². The first-order valence-corrected chi connectivity index (χ1v) is 6.61. The Hall–Kier alpha value is -1.36. The molecule has 0 atom stereocenters. The van der Waals surface area contributed by atoms with Gasteiger partial charge in [-0.25, -0.2) is 9.97 Å². The molecule has 1 aromatic heterocycles. The van der Waals surface area contributed by atoms with Crippen molar-refractivity contribution in [1.29, 1.82) is 0 Å². The van der Waals surface area contributed by atoms with Crippen molar-refractivity contribution in [2.75, 3.05) is 25.1 Å². The van der Waals surface area contributed by atoms with Crippen molar-refractivity contribution in [3.63, 3.8) is 0 Å². The van der Waals surface area contributed by atoms with Crippen LogP contribution in [0.4, 0.5) is 5.82 Å². The molecule has 1 N–H and O–H groups in total. The molecule has 0 radical (unpaired) electrons. The van der Waals surface area contributed by atoms with Gasteiger partial charge in [0.2, 0.25) is 5.88 Å². The largest absolute Gasteiger partial charge is 0.474 e. The molecule has 1 aliphatic rings. The Labute approximate surface area is 108 Å². The molecular formula is C13H21N3O2. The minimum absolute atomic E-state index is 0.214. The van der Waals surface area contributed by atoms with Gasteiger partial charge in [0.15, 0.2) is 0 Å². The normalized spacial score (nSPS) is 16.6. The van der Waals surface area contributed by atoms with Crippen LogP contribution < -0.4 is 10.1 Å². The van der Waals surface area contributed by atoms with Crippen LogP contribution in [0.2, 0.25) is 0 Å². The summed E-state index contributed by atoms with van der Waals surface area (Å²) in [7, 11) is 0. The van der Waals surface area contributed by atoms with Crippen molar-refractivity contribution in [2.45, 2.75) is 39.2 Å². The van der Waals surface area contributed by atoms with Crippen molar-refractivity contribution in [3.05, 3.63) is 11.9 Å². The van der Waals surface area contributed by atoms with Gasteiger partial charge >= 0.3 is 0 Å². The van der Waals surface area contributed by atoms with Crippen LogP contribution in [-0.2, 0) is 4.74 Å². The topological polar surface area (TPSA) is 56.3 Å². The summed E-state index contributed by atoms with van der Waals surface area (Å²) in [5.41, 5.74) is 0.984. The number of hydrogen-bond donors (Lipinski definition) is 1. The molecule has 2 rings (SSSR count). The lowest BCUT2D eigenvalue weighted by atomic mass is 10.1. The first-order valence-electron chi connectivity index (χ1n) is 6.61. The fourth-order valence-corrected chi connectivity index (χ4v) is 1.93. The van der Waals surface area contributed by atoms with Crippen molar-refractivity contribution < 1.29 is 9.47 Å². The number of ether oxygens (including phenoxy) is 2. The minimum atomic E-state index is 0.214. The Morgan fingerprint density at radius 2 is 2.17 bits per heavy atom. The smallest absolute Gasteiger partial charge is 0.221 e. The maximum Gasteiger partial charge on any atom is 0.221 e. The van der Waals surface area contributed by atoms with Crippen LogP contribution in [0.3, 0.4) is 0 Å². The molecule has 5 nitrogen and oxygen atoms in total. The average Bonchev–Trinajstić information content (AvgIpc) is 2.41. The lowest BCUT2D eigenvalue weighted by molar-refractivity contribution is 0.0234. The number of nitrogens with zero attached hydrogens (tertiary/aromatic N) is 2. The third kappa shape index (κ3) is 3.32. The average molecular weight is 251 g/mol. The van der Waals surface area contributed by atoms with E-state index in [0.29, 0.717) is 5.88 Å². The number of nitrogens with one attached hydrogen (secondary N) is 1. The van der Waals surface area contributed by atoms with Crippen molar-refractivity contribution in [3.8, 4) is 5.88 Å². The Balaban J connectivity index is 2.02. The van der Waals surface area contributed by atoms with Crippen LogP contribution >= 0.6 is 0 Å². The third-order valence-corrected chi connectivity index (χ3v) is 3.03. The van der Waals surface area contributed by atoms with Gasteiger partial charge in [-0.2, -0.15) is 0 Å². The summed E-state index contributed by atoms with van der Waals surface area (Å²) >= 11 is 0. The van der Waals surface area contributed by atoms with Gasteiger partial charge in [-0.1, -0.05) is 6.92 Å². The van der Waals surface area contributed by atoms with Gasteiger partial charge in [0.25, 0.3) is 0 Å². The van der Waals surface area contributed by atoms with Gasteiger partial charge in [0.1, 0.15) is 18.2 Å². The van der Waals surface area contributed by atoms with E-state index in [1.807, 2.05) is 6.92 Å². The molecule has 1 aliphatic heterocycles. The van der Waals surface area contributed by atoms with E-state index in [2.05, 4.69) is 22.2 Å². The highest BCUT2D eigenvalue weighted by Gasteiger charge is 2.18. The van der Waals surface area contributed by atoms with E-state index < -0.39 is 0 Å². The summed E-state index contributed by atoms with van der Waals surface area (Å²) in [5.74, 6) is 1.56. The Kier molecular flexibility index (Phi) is 4.75. The maximum atomic E-state index is 5.94. The zero-order valence-electron chi connectivity index (χ0n) is 11.1. The quantitative estimate of drug-likeness (QED) is 0.869. The van der Waals surface area contributed by atoms with Crippen LogP contribution in [0.15, 0.2) is 6.33 Å². The van der Waals surface area contributed by atoms with Crippen LogP contribution in [0.5, 0.6) is 5.88 Å². The highest BCUT2D eigenvalue weighted by atomic mass is 16.5. The van der Waals surface area contributed by atoms with Crippen LogP contribution in [0.1, 0.15) is 31.7 Å². The molecule has 100 valence electrons. The molecule has 1 fully saturated rings. The van der Waals surface area contributed by atoms with E-state index in [4.69, 9.17) is 9.47 Å². The molecule has 0 bridgehead atoms. The third-order valence-electron chi connectivity index (χ3n) is 3.03. The van der Waals surface area contributed by atoms with Crippen LogP contribution in [0.25, 0.3) is 0 Å². The van der Waals surface area contributed by atoms with Crippen molar-refractivity contribution >= 4 is 5.82 Å². The van der Waals surface area contributed by atoms with Gasteiger partial charge < -0.3 is 14.8 Å². The Morgan fingerprint density at radius 3 is 2.89 bits per heavy atom. The standard InChI is InChI=1S/C13H21N3O2/c1-3-6-14-12-10(2)13(16-9-15-12)18-11-4-7-17-8-5-11/h9,11H,3-8H2,1-2H3,(H,14,15,16). The van der Waals surface area contributed by atoms with E-state index >= 15 is 0 Å². The second kappa shape index (κ2) is 6.54. The van der Waals surface area contributed by atoms with E-state index in [-0.39, 0.29) is 6.10 Å². The predicted octanol–water partition coefficient (Wildman–Crippen LogP) is 2.16. The SMILES string of the molecule is CCCNc1ncnc(OC2CCOCC2)c1C. The zero-order chi connectivity index (χ0) is 12.8. The second-order valence-corrected chi connectivity index (χ2v) is 4.51. The molecule has 0 aromatic carbocycles. The summed E-state index contributed by atoms with van der Waals surface area (Å²) in [4.78, 5) is 8.47.